The average molecular weight is 324 g/mol. The quantitative estimate of drug-likeness (QED) is 0.733. The molecule has 0 saturated carbocycles. The summed E-state index contributed by atoms with van der Waals surface area (Å²) < 4.78 is 5.66. The lowest BCUT2D eigenvalue weighted by Crippen LogP contribution is -2.41. The van der Waals surface area contributed by atoms with E-state index < -0.39 is 6.04 Å². The molecule has 0 bridgehead atoms. The van der Waals surface area contributed by atoms with Crippen LogP contribution in [0.1, 0.15) is 38.8 Å². The number of carbonyl (C=O) groups excluding carboxylic acids is 1. The Bertz CT molecular complexity index is 448. The molecule has 0 aliphatic heterocycles. The summed E-state index contributed by atoms with van der Waals surface area (Å²) in [6, 6.07) is 7.33. The van der Waals surface area contributed by atoms with Gasteiger partial charge in [-0.15, -0.1) is 0 Å². The average Bonchev–Trinajstić information content (AvgIpc) is 2.50. The Hall–Kier alpha value is -1.20. The number of benzene rings is 1. The van der Waals surface area contributed by atoms with Crippen LogP contribution in [0.3, 0.4) is 0 Å². The Labute approximate surface area is 138 Å². The summed E-state index contributed by atoms with van der Waals surface area (Å²) in [6.07, 6.45) is 2.71. The van der Waals surface area contributed by atoms with E-state index in [1.165, 1.54) is 0 Å². The fourth-order valence-corrected chi connectivity index (χ4v) is 2.38. The molecule has 1 aromatic rings. The van der Waals surface area contributed by atoms with Crippen LogP contribution in [0.4, 0.5) is 0 Å². The molecule has 0 fully saturated rings. The van der Waals surface area contributed by atoms with Gasteiger partial charge in [-0.05, 0) is 49.0 Å². The number of ether oxygens (including phenoxy) is 1. The highest BCUT2D eigenvalue weighted by Crippen LogP contribution is 2.18. The van der Waals surface area contributed by atoms with Crippen molar-refractivity contribution in [2.45, 2.75) is 39.3 Å². The van der Waals surface area contributed by atoms with E-state index in [1.807, 2.05) is 37.4 Å². The van der Waals surface area contributed by atoms with Crippen LogP contribution in [-0.4, -0.2) is 30.6 Å². The van der Waals surface area contributed by atoms with Gasteiger partial charge in [0.15, 0.2) is 0 Å². The van der Waals surface area contributed by atoms with E-state index in [0.717, 1.165) is 17.1 Å². The predicted octanol–water partition coefficient (Wildman–Crippen LogP) is 2.98. The Morgan fingerprint density at radius 2 is 1.91 bits per heavy atom. The van der Waals surface area contributed by atoms with Gasteiger partial charge in [0.1, 0.15) is 5.75 Å². The minimum Gasteiger partial charge on any atom is -0.493 e. The zero-order valence-corrected chi connectivity index (χ0v) is 14.8. The number of hydrogen-bond acceptors (Lipinski definition) is 4. The van der Waals surface area contributed by atoms with Crippen LogP contribution in [0.15, 0.2) is 24.3 Å². The molecule has 2 atom stereocenters. The van der Waals surface area contributed by atoms with Crippen molar-refractivity contribution in [2.75, 3.05) is 18.6 Å². The molecular weight excluding hydrogens is 296 g/mol. The van der Waals surface area contributed by atoms with Crippen LogP contribution in [0.5, 0.6) is 5.75 Å². The molecule has 0 saturated heterocycles. The summed E-state index contributed by atoms with van der Waals surface area (Å²) in [5.41, 5.74) is 6.92. The molecule has 1 aromatic carbocycles. The number of carbonyl (C=O) groups is 1. The molecule has 0 heterocycles. The number of amides is 1. The minimum atomic E-state index is -0.441. The maximum Gasteiger partial charge on any atom is 0.237 e. The van der Waals surface area contributed by atoms with Gasteiger partial charge >= 0.3 is 0 Å². The Kier molecular flexibility index (Phi) is 8.35. The largest absolute Gasteiger partial charge is 0.493 e. The van der Waals surface area contributed by atoms with E-state index in [0.29, 0.717) is 18.9 Å². The summed E-state index contributed by atoms with van der Waals surface area (Å²) in [7, 11) is 0. The molecule has 22 heavy (non-hydrogen) atoms. The van der Waals surface area contributed by atoms with Gasteiger partial charge in [0, 0.05) is 0 Å². The van der Waals surface area contributed by atoms with Crippen LogP contribution >= 0.6 is 11.8 Å². The maximum absolute atomic E-state index is 12.0. The molecule has 124 valence electrons. The zero-order valence-electron chi connectivity index (χ0n) is 14.0. The zero-order chi connectivity index (χ0) is 16.5. The number of rotatable bonds is 9. The Morgan fingerprint density at radius 1 is 1.27 bits per heavy atom. The molecule has 5 heteroatoms. The van der Waals surface area contributed by atoms with Crippen molar-refractivity contribution < 1.29 is 9.53 Å². The van der Waals surface area contributed by atoms with Crippen LogP contribution < -0.4 is 15.8 Å². The first-order valence-corrected chi connectivity index (χ1v) is 9.11. The molecule has 1 amide bonds. The summed E-state index contributed by atoms with van der Waals surface area (Å²) >= 11 is 1.70. The van der Waals surface area contributed by atoms with Gasteiger partial charge in [0.25, 0.3) is 0 Å². The molecule has 0 aliphatic carbocycles. The Balaban J connectivity index is 2.51. The molecule has 4 nitrogen and oxygen atoms in total. The normalized spacial score (nSPS) is 13.7. The smallest absolute Gasteiger partial charge is 0.237 e. The third kappa shape index (κ3) is 6.71. The molecule has 0 spiro atoms. The lowest BCUT2D eigenvalue weighted by atomic mass is 10.1. The van der Waals surface area contributed by atoms with Crippen molar-refractivity contribution in [3.8, 4) is 5.75 Å². The van der Waals surface area contributed by atoms with Crippen molar-refractivity contribution in [3.63, 3.8) is 0 Å². The topological polar surface area (TPSA) is 64.4 Å². The van der Waals surface area contributed by atoms with Crippen molar-refractivity contribution in [2.24, 2.45) is 11.7 Å². The van der Waals surface area contributed by atoms with Crippen LogP contribution in [0, 0.1) is 5.92 Å². The number of hydrogen-bond donors (Lipinski definition) is 2. The highest BCUT2D eigenvalue weighted by Gasteiger charge is 2.16. The molecule has 1 rings (SSSR count). The standard InChI is InChI=1S/C17H28N2O2S/c1-12(2)11-21-15-7-5-14(6-8-15)13(3)19-17(20)16(18)9-10-22-4/h5-8,12-13,16H,9-11,18H2,1-4H3,(H,19,20)/t13?,16-/m0/s1. The van der Waals surface area contributed by atoms with Crippen molar-refractivity contribution in [3.05, 3.63) is 29.8 Å². The summed E-state index contributed by atoms with van der Waals surface area (Å²) in [5.74, 6) is 2.15. The molecule has 1 unspecified atom stereocenters. The van der Waals surface area contributed by atoms with E-state index in [1.54, 1.807) is 11.8 Å². The van der Waals surface area contributed by atoms with E-state index in [-0.39, 0.29) is 11.9 Å². The van der Waals surface area contributed by atoms with Crippen LogP contribution in [0.2, 0.25) is 0 Å². The maximum atomic E-state index is 12.0. The highest BCUT2D eigenvalue weighted by molar-refractivity contribution is 7.98. The molecule has 0 aromatic heterocycles. The van der Waals surface area contributed by atoms with Gasteiger partial charge in [0.05, 0.1) is 18.7 Å². The van der Waals surface area contributed by atoms with Crippen molar-refractivity contribution in [1.82, 2.24) is 5.32 Å². The van der Waals surface area contributed by atoms with Gasteiger partial charge in [0.2, 0.25) is 5.91 Å². The predicted molar refractivity (Wildman–Crippen MR) is 94.3 cm³/mol. The van der Waals surface area contributed by atoms with E-state index in [9.17, 15) is 4.79 Å². The van der Waals surface area contributed by atoms with Crippen molar-refractivity contribution >= 4 is 17.7 Å². The fraction of sp³-hybridized carbons (Fsp3) is 0.588. The van der Waals surface area contributed by atoms with E-state index in [4.69, 9.17) is 10.5 Å². The molecule has 0 aliphatic rings. The SMILES string of the molecule is CSCC[C@H](N)C(=O)NC(C)c1ccc(OCC(C)C)cc1. The number of thioether (sulfide) groups is 1. The highest BCUT2D eigenvalue weighted by atomic mass is 32.2. The first-order valence-electron chi connectivity index (χ1n) is 7.71. The minimum absolute atomic E-state index is 0.0630. The third-order valence-electron chi connectivity index (χ3n) is 3.29. The summed E-state index contributed by atoms with van der Waals surface area (Å²) in [6.45, 7) is 6.90. The number of nitrogens with one attached hydrogen (secondary N) is 1. The third-order valence-corrected chi connectivity index (χ3v) is 3.94. The first-order chi connectivity index (χ1) is 10.4. The second-order valence-corrected chi connectivity index (χ2v) is 6.88. The summed E-state index contributed by atoms with van der Waals surface area (Å²) in [5, 5.41) is 2.96. The van der Waals surface area contributed by atoms with Crippen LogP contribution in [0.25, 0.3) is 0 Å². The molecule has 0 radical (unpaired) electrons. The van der Waals surface area contributed by atoms with Gasteiger partial charge < -0.3 is 15.8 Å². The Morgan fingerprint density at radius 3 is 2.45 bits per heavy atom. The summed E-state index contributed by atoms with van der Waals surface area (Å²) in [4.78, 5) is 12.0. The second-order valence-electron chi connectivity index (χ2n) is 5.89. The lowest BCUT2D eigenvalue weighted by molar-refractivity contribution is -0.123. The monoisotopic (exact) mass is 324 g/mol. The lowest BCUT2D eigenvalue weighted by Gasteiger charge is -2.18. The number of nitrogens with two attached hydrogens (primary N) is 1. The fourth-order valence-electron chi connectivity index (χ4n) is 1.90. The van der Waals surface area contributed by atoms with Crippen LogP contribution in [-0.2, 0) is 4.79 Å². The van der Waals surface area contributed by atoms with Gasteiger partial charge in [-0.3, -0.25) is 4.79 Å². The van der Waals surface area contributed by atoms with Crippen molar-refractivity contribution in [1.29, 1.82) is 0 Å². The first kappa shape index (κ1) is 18.8. The van der Waals surface area contributed by atoms with E-state index in [2.05, 4.69) is 19.2 Å². The van der Waals surface area contributed by atoms with Gasteiger partial charge in [-0.1, -0.05) is 26.0 Å². The van der Waals surface area contributed by atoms with Gasteiger partial charge in [-0.25, -0.2) is 0 Å². The molecular formula is C17H28N2O2S. The molecule has 3 N–H and O–H groups in total. The van der Waals surface area contributed by atoms with E-state index >= 15 is 0 Å². The van der Waals surface area contributed by atoms with Gasteiger partial charge in [-0.2, -0.15) is 11.8 Å². The second kappa shape index (κ2) is 9.74.